The predicted octanol–water partition coefficient (Wildman–Crippen LogP) is 3.33. The predicted molar refractivity (Wildman–Crippen MR) is 127 cm³/mol. The highest BCUT2D eigenvalue weighted by atomic mass is 16.5. The molecule has 1 amide bonds. The summed E-state index contributed by atoms with van der Waals surface area (Å²) in [6.07, 6.45) is 8.97. The van der Waals surface area contributed by atoms with Gasteiger partial charge in [-0.1, -0.05) is 12.1 Å². The molecule has 1 aromatic rings. The van der Waals surface area contributed by atoms with E-state index in [1.54, 1.807) is 0 Å². The van der Waals surface area contributed by atoms with Crippen molar-refractivity contribution < 1.29 is 14.3 Å². The maximum Gasteiger partial charge on any atom is 0.226 e. The quantitative estimate of drug-likeness (QED) is 0.541. The molecule has 0 radical (unpaired) electrons. The summed E-state index contributed by atoms with van der Waals surface area (Å²) in [5.74, 6) is 1.18. The summed E-state index contributed by atoms with van der Waals surface area (Å²) in [6, 6.07) is 8.32. The van der Waals surface area contributed by atoms with Crippen molar-refractivity contribution in [1.29, 1.82) is 0 Å². The van der Waals surface area contributed by atoms with E-state index >= 15 is 0 Å². The number of likely N-dealkylation sites (tertiary alicyclic amines) is 1. The van der Waals surface area contributed by atoms with Crippen LogP contribution in [-0.4, -0.2) is 68.9 Å². The van der Waals surface area contributed by atoms with E-state index in [9.17, 15) is 4.79 Å². The summed E-state index contributed by atoms with van der Waals surface area (Å²) in [6.45, 7) is 5.06. The molecule has 1 N–H and O–H groups in total. The lowest BCUT2D eigenvalue weighted by Crippen LogP contribution is -2.47. The van der Waals surface area contributed by atoms with Gasteiger partial charge in [0.2, 0.25) is 5.91 Å². The molecule has 3 aliphatic rings. The molecule has 0 aliphatic carbocycles. The van der Waals surface area contributed by atoms with Gasteiger partial charge in [-0.15, -0.1) is 0 Å². The van der Waals surface area contributed by atoms with E-state index in [2.05, 4.69) is 39.5 Å². The molecule has 1 unspecified atom stereocenters. The van der Waals surface area contributed by atoms with Gasteiger partial charge in [-0.05, 0) is 62.6 Å². The van der Waals surface area contributed by atoms with Crippen LogP contribution < -0.4 is 10.2 Å². The number of carbonyl (C=O) groups is 1. The Kier molecular flexibility index (Phi) is 8.40. The number of piperidine rings is 2. The van der Waals surface area contributed by atoms with Crippen molar-refractivity contribution in [2.45, 2.75) is 70.1 Å². The largest absolute Gasteiger partial charge is 0.376 e. The Labute approximate surface area is 192 Å². The molecule has 7 nitrogen and oxygen atoms in total. The van der Waals surface area contributed by atoms with Crippen LogP contribution in [0.4, 0.5) is 5.69 Å². The van der Waals surface area contributed by atoms with Gasteiger partial charge in [0.25, 0.3) is 0 Å². The van der Waals surface area contributed by atoms with Gasteiger partial charge < -0.3 is 24.6 Å². The molecule has 3 aliphatic heterocycles. The average Bonchev–Trinajstić information content (AvgIpc) is 2.85. The molecule has 1 atom stereocenters. The highest BCUT2D eigenvalue weighted by molar-refractivity contribution is 5.93. The van der Waals surface area contributed by atoms with Crippen LogP contribution in [0.25, 0.3) is 0 Å². The monoisotopic (exact) mass is 442 g/mol. The number of anilines is 1. The van der Waals surface area contributed by atoms with Crippen LogP contribution in [0.2, 0.25) is 0 Å². The van der Waals surface area contributed by atoms with Crippen LogP contribution in [0, 0.1) is 0 Å². The molecule has 3 fully saturated rings. The SMILES string of the molecule is CN=C(NCc1ccc(N2CCCCC2=O)cc1)N1CCC(OCC2CCCCO2)CC1. The van der Waals surface area contributed by atoms with Gasteiger partial charge in [0, 0.05) is 51.9 Å². The smallest absolute Gasteiger partial charge is 0.226 e. The van der Waals surface area contributed by atoms with Crippen LogP contribution >= 0.6 is 0 Å². The first-order chi connectivity index (χ1) is 15.7. The minimum atomic E-state index is 0.237. The third-order valence-electron chi connectivity index (χ3n) is 6.77. The Morgan fingerprint density at radius 3 is 2.59 bits per heavy atom. The number of guanidine groups is 1. The number of ether oxygens (including phenoxy) is 2. The zero-order valence-electron chi connectivity index (χ0n) is 19.4. The molecule has 176 valence electrons. The van der Waals surface area contributed by atoms with E-state index in [1.807, 2.05) is 11.9 Å². The van der Waals surface area contributed by atoms with Crippen molar-refractivity contribution in [2.24, 2.45) is 4.99 Å². The Morgan fingerprint density at radius 2 is 1.91 bits per heavy atom. The normalized spacial score (nSPS) is 23.5. The molecule has 7 heteroatoms. The van der Waals surface area contributed by atoms with Gasteiger partial charge in [0.05, 0.1) is 18.8 Å². The molecule has 32 heavy (non-hydrogen) atoms. The van der Waals surface area contributed by atoms with E-state index < -0.39 is 0 Å². The zero-order valence-corrected chi connectivity index (χ0v) is 19.4. The highest BCUT2D eigenvalue weighted by Gasteiger charge is 2.24. The third-order valence-corrected chi connectivity index (χ3v) is 6.77. The summed E-state index contributed by atoms with van der Waals surface area (Å²) >= 11 is 0. The summed E-state index contributed by atoms with van der Waals surface area (Å²) in [5.41, 5.74) is 2.19. The second-order valence-corrected chi connectivity index (χ2v) is 9.08. The first-order valence-corrected chi connectivity index (χ1v) is 12.3. The van der Waals surface area contributed by atoms with Gasteiger partial charge in [-0.25, -0.2) is 0 Å². The lowest BCUT2D eigenvalue weighted by Gasteiger charge is -2.35. The average molecular weight is 443 g/mol. The van der Waals surface area contributed by atoms with Gasteiger partial charge in [-0.2, -0.15) is 0 Å². The maximum absolute atomic E-state index is 12.1. The number of nitrogens with one attached hydrogen (secondary N) is 1. The zero-order chi connectivity index (χ0) is 22.2. The maximum atomic E-state index is 12.1. The number of hydrogen-bond acceptors (Lipinski definition) is 4. The lowest BCUT2D eigenvalue weighted by atomic mass is 10.1. The van der Waals surface area contributed by atoms with E-state index in [-0.39, 0.29) is 12.0 Å². The Bertz CT molecular complexity index is 753. The van der Waals surface area contributed by atoms with E-state index in [0.29, 0.717) is 12.5 Å². The van der Waals surface area contributed by atoms with Crippen LogP contribution in [-0.2, 0) is 20.8 Å². The number of nitrogens with zero attached hydrogens (tertiary/aromatic N) is 3. The molecule has 0 saturated carbocycles. The van der Waals surface area contributed by atoms with Crippen molar-refractivity contribution in [3.8, 4) is 0 Å². The van der Waals surface area contributed by atoms with Gasteiger partial charge in [-0.3, -0.25) is 9.79 Å². The van der Waals surface area contributed by atoms with Crippen LogP contribution in [0.1, 0.15) is 56.9 Å². The van der Waals surface area contributed by atoms with Crippen LogP contribution in [0.5, 0.6) is 0 Å². The summed E-state index contributed by atoms with van der Waals surface area (Å²) in [7, 11) is 1.84. The van der Waals surface area contributed by atoms with E-state index in [0.717, 1.165) is 83.1 Å². The van der Waals surface area contributed by atoms with Crippen molar-refractivity contribution >= 4 is 17.6 Å². The molecule has 0 bridgehead atoms. The molecule has 3 saturated heterocycles. The third kappa shape index (κ3) is 6.23. The first kappa shape index (κ1) is 23.1. The van der Waals surface area contributed by atoms with Crippen LogP contribution in [0.15, 0.2) is 29.3 Å². The van der Waals surface area contributed by atoms with E-state index in [4.69, 9.17) is 9.47 Å². The minimum absolute atomic E-state index is 0.237. The van der Waals surface area contributed by atoms with Crippen molar-refractivity contribution in [1.82, 2.24) is 10.2 Å². The van der Waals surface area contributed by atoms with Crippen molar-refractivity contribution in [2.75, 3.05) is 44.8 Å². The van der Waals surface area contributed by atoms with Crippen molar-refractivity contribution in [3.63, 3.8) is 0 Å². The lowest BCUT2D eigenvalue weighted by molar-refractivity contribution is -0.119. The molecule has 0 aromatic heterocycles. The molecule has 0 spiro atoms. The van der Waals surface area contributed by atoms with Gasteiger partial charge >= 0.3 is 0 Å². The van der Waals surface area contributed by atoms with Crippen molar-refractivity contribution in [3.05, 3.63) is 29.8 Å². The fourth-order valence-electron chi connectivity index (χ4n) is 4.80. The van der Waals surface area contributed by atoms with E-state index in [1.165, 1.54) is 18.4 Å². The second-order valence-electron chi connectivity index (χ2n) is 9.08. The molecule has 3 heterocycles. The standard InChI is InChI=1S/C25H38N4O3/c1-26-25(28-15-12-22(13-16-28)32-19-23-6-3-5-17-31-23)27-18-20-8-10-21(11-9-20)29-14-4-2-7-24(29)30/h8-11,22-23H,2-7,12-19H2,1H3,(H,26,27). The first-order valence-electron chi connectivity index (χ1n) is 12.3. The van der Waals surface area contributed by atoms with Gasteiger partial charge in [0.1, 0.15) is 0 Å². The summed E-state index contributed by atoms with van der Waals surface area (Å²) < 4.78 is 11.9. The van der Waals surface area contributed by atoms with Gasteiger partial charge in [0.15, 0.2) is 5.96 Å². The number of benzene rings is 1. The number of rotatable bonds is 6. The Balaban J connectivity index is 1.20. The topological polar surface area (TPSA) is 66.4 Å². The molecular formula is C25H38N4O3. The Morgan fingerprint density at radius 1 is 1.09 bits per heavy atom. The Hall–Kier alpha value is -2.12. The molecular weight excluding hydrogens is 404 g/mol. The number of aliphatic imine (C=N–C) groups is 1. The highest BCUT2D eigenvalue weighted by Crippen LogP contribution is 2.22. The molecule has 4 rings (SSSR count). The second kappa shape index (κ2) is 11.7. The molecule has 1 aromatic carbocycles. The fourth-order valence-corrected chi connectivity index (χ4v) is 4.80. The van der Waals surface area contributed by atoms with Crippen LogP contribution in [0.3, 0.4) is 0 Å². The number of amides is 1. The minimum Gasteiger partial charge on any atom is -0.376 e. The number of carbonyl (C=O) groups excluding carboxylic acids is 1. The fraction of sp³-hybridized carbons (Fsp3) is 0.680. The number of hydrogen-bond donors (Lipinski definition) is 1. The summed E-state index contributed by atoms with van der Waals surface area (Å²) in [4.78, 5) is 20.8. The summed E-state index contributed by atoms with van der Waals surface area (Å²) in [5, 5.41) is 3.50.